The molecule has 2 aliphatic carbocycles. The van der Waals surface area contributed by atoms with E-state index in [1.807, 2.05) is 0 Å². The number of methoxy groups -OCH3 is 3. The monoisotopic (exact) mass is 591 g/mol. The number of fused-ring (bicyclic) bond motifs is 3. The molecule has 2 aromatic rings. The molecule has 0 radical (unpaired) electrons. The van der Waals surface area contributed by atoms with Gasteiger partial charge in [-0.25, -0.2) is 9.97 Å². The van der Waals surface area contributed by atoms with Crippen LogP contribution in [0.2, 0.25) is 0 Å². The Labute approximate surface area is 249 Å². The summed E-state index contributed by atoms with van der Waals surface area (Å²) < 4.78 is 16.2. The number of aromatic nitrogens is 4. The number of hydrogen-bond acceptors (Lipinski definition) is 10. The van der Waals surface area contributed by atoms with Crippen LogP contribution < -0.4 is 24.5 Å². The van der Waals surface area contributed by atoms with Crippen LogP contribution in [0.4, 0.5) is 5.69 Å². The number of nitrogens with one attached hydrogen (secondary N) is 1. The Bertz CT molecular complexity index is 1530. The van der Waals surface area contributed by atoms with E-state index in [-0.39, 0.29) is 12.5 Å². The van der Waals surface area contributed by atoms with E-state index in [0.717, 1.165) is 61.1 Å². The fraction of sp³-hybridized carbons (Fsp3) is 0.467. The SMILES string of the molecule is COc1cc(NC(=O)CN2CCN(n3ncnc4c(-c5nc(C)c(C)s5)c5c(c3-4)CCCC5)CC2)cc(OC)c1OC. The first-order chi connectivity index (χ1) is 20.4. The predicted molar refractivity (Wildman–Crippen MR) is 163 cm³/mol. The van der Waals surface area contributed by atoms with E-state index in [4.69, 9.17) is 29.3 Å². The van der Waals surface area contributed by atoms with Crippen LogP contribution in [-0.4, -0.2) is 84.7 Å². The lowest BCUT2D eigenvalue weighted by atomic mass is 9.93. The normalized spacial score (nSPS) is 15.5. The Morgan fingerprint density at radius 1 is 0.976 bits per heavy atom. The number of nitrogens with zero attached hydrogens (tertiary/aromatic N) is 6. The Morgan fingerprint density at radius 2 is 1.67 bits per heavy atom. The molecule has 1 saturated heterocycles. The van der Waals surface area contributed by atoms with Gasteiger partial charge >= 0.3 is 0 Å². The molecular weight excluding hydrogens is 554 g/mol. The van der Waals surface area contributed by atoms with Gasteiger partial charge in [-0.3, -0.25) is 14.7 Å². The number of carbonyl (C=O) groups is 1. The molecule has 42 heavy (non-hydrogen) atoms. The van der Waals surface area contributed by atoms with Crippen molar-refractivity contribution in [2.24, 2.45) is 0 Å². The second-order valence-electron chi connectivity index (χ2n) is 10.7. The number of amides is 1. The summed E-state index contributed by atoms with van der Waals surface area (Å²) in [5.74, 6) is 1.37. The van der Waals surface area contributed by atoms with Crippen LogP contribution in [0.5, 0.6) is 17.2 Å². The number of carbonyl (C=O) groups excluding carboxylic acids is 1. The van der Waals surface area contributed by atoms with Crippen molar-refractivity contribution >= 4 is 22.9 Å². The van der Waals surface area contributed by atoms with Crippen LogP contribution in [0.15, 0.2) is 18.5 Å². The highest BCUT2D eigenvalue weighted by Crippen LogP contribution is 2.46. The summed E-state index contributed by atoms with van der Waals surface area (Å²) in [6, 6.07) is 3.47. The van der Waals surface area contributed by atoms with Crippen LogP contribution in [0.1, 0.15) is 34.5 Å². The van der Waals surface area contributed by atoms with Gasteiger partial charge in [0.1, 0.15) is 22.7 Å². The molecule has 0 spiro atoms. The standard InChI is InChI=1S/C30H37N7O4S/c1-18-19(2)42-30(33-18)26-21-8-6-7-9-22(21)28-27(26)31-17-32-37(28)36-12-10-35(11-13-36)16-25(38)34-20-14-23(39-3)29(41-5)24(15-20)40-4/h14-15,17H,6-13,16H2,1-5H3,(H,34,38). The van der Waals surface area contributed by atoms with Crippen molar-refractivity contribution in [1.29, 1.82) is 0 Å². The van der Waals surface area contributed by atoms with Gasteiger partial charge in [-0.15, -0.1) is 16.4 Å². The van der Waals surface area contributed by atoms with Crippen molar-refractivity contribution in [3.05, 3.63) is 40.2 Å². The molecule has 0 saturated carbocycles. The Morgan fingerprint density at radius 3 is 2.29 bits per heavy atom. The number of aryl methyl sites for hydroxylation is 2. The summed E-state index contributed by atoms with van der Waals surface area (Å²) >= 11 is 1.75. The molecule has 12 heteroatoms. The molecule has 1 aromatic heterocycles. The quantitative estimate of drug-likeness (QED) is 0.326. The number of benzene rings is 1. The van der Waals surface area contributed by atoms with Crippen molar-refractivity contribution in [3.8, 4) is 39.2 Å². The van der Waals surface area contributed by atoms with Gasteiger partial charge in [0.05, 0.1) is 33.6 Å². The molecule has 222 valence electrons. The zero-order chi connectivity index (χ0) is 29.4. The van der Waals surface area contributed by atoms with Gasteiger partial charge < -0.3 is 19.5 Å². The summed E-state index contributed by atoms with van der Waals surface area (Å²) in [4.78, 5) is 28.2. The average molecular weight is 592 g/mol. The van der Waals surface area contributed by atoms with Crippen LogP contribution in [0, 0.1) is 13.8 Å². The molecule has 6 rings (SSSR count). The molecule has 1 aromatic carbocycles. The fourth-order valence-corrected chi connectivity index (χ4v) is 7.03. The van der Waals surface area contributed by atoms with Crippen molar-refractivity contribution in [2.75, 3.05) is 64.4 Å². The molecule has 1 N–H and O–H groups in total. The molecule has 0 atom stereocenters. The second-order valence-corrected chi connectivity index (χ2v) is 11.9. The number of hydrogen-bond donors (Lipinski definition) is 1. The van der Waals surface area contributed by atoms with Crippen LogP contribution in [0.3, 0.4) is 0 Å². The first-order valence-electron chi connectivity index (χ1n) is 14.3. The lowest BCUT2D eigenvalue weighted by Gasteiger charge is -2.37. The summed E-state index contributed by atoms with van der Waals surface area (Å²) in [6.45, 7) is 7.47. The summed E-state index contributed by atoms with van der Waals surface area (Å²) in [5.41, 5.74) is 7.74. The topological polar surface area (TPSA) is 107 Å². The molecule has 3 heterocycles. The number of thiazole rings is 1. The number of anilines is 1. The molecule has 4 aliphatic rings. The molecular formula is C30H37N7O4S. The zero-order valence-corrected chi connectivity index (χ0v) is 25.6. The van der Waals surface area contributed by atoms with Gasteiger partial charge in [0.25, 0.3) is 0 Å². The third kappa shape index (κ3) is 5.13. The first-order valence-corrected chi connectivity index (χ1v) is 15.1. The van der Waals surface area contributed by atoms with E-state index < -0.39 is 0 Å². The maximum absolute atomic E-state index is 13.0. The average Bonchev–Trinajstić information content (AvgIpc) is 3.52. The minimum atomic E-state index is -0.0985. The predicted octanol–water partition coefficient (Wildman–Crippen LogP) is 3.92. The molecule has 11 nitrogen and oxygen atoms in total. The lowest BCUT2D eigenvalue weighted by Crippen LogP contribution is -2.53. The number of piperazine rings is 1. The minimum Gasteiger partial charge on any atom is -0.493 e. The largest absolute Gasteiger partial charge is 0.493 e. The number of ether oxygens (including phenoxy) is 3. The lowest BCUT2D eigenvalue weighted by molar-refractivity contribution is -0.117. The molecule has 2 aliphatic heterocycles. The number of rotatable bonds is 8. The van der Waals surface area contributed by atoms with Gasteiger partial charge in [0.15, 0.2) is 11.5 Å². The first kappa shape index (κ1) is 28.2. The summed E-state index contributed by atoms with van der Waals surface area (Å²) in [6.07, 6.45) is 6.11. The highest BCUT2D eigenvalue weighted by Gasteiger charge is 2.33. The van der Waals surface area contributed by atoms with Crippen molar-refractivity contribution < 1.29 is 19.0 Å². The van der Waals surface area contributed by atoms with Crippen LogP contribution in [-0.2, 0) is 17.6 Å². The summed E-state index contributed by atoms with van der Waals surface area (Å²) in [7, 11) is 4.66. The molecule has 1 amide bonds. The maximum Gasteiger partial charge on any atom is 0.238 e. The van der Waals surface area contributed by atoms with Gasteiger partial charge in [0.2, 0.25) is 11.7 Å². The van der Waals surface area contributed by atoms with Gasteiger partial charge in [-0.05, 0) is 50.7 Å². The van der Waals surface area contributed by atoms with E-state index in [0.29, 0.717) is 22.9 Å². The highest BCUT2D eigenvalue weighted by molar-refractivity contribution is 7.15. The zero-order valence-electron chi connectivity index (χ0n) is 24.8. The Hall–Kier alpha value is -3.90. The third-order valence-electron chi connectivity index (χ3n) is 8.24. The molecule has 1 fully saturated rings. The highest BCUT2D eigenvalue weighted by atomic mass is 32.1. The van der Waals surface area contributed by atoms with Gasteiger partial charge in [-0.1, -0.05) is 0 Å². The maximum atomic E-state index is 13.0. The third-order valence-corrected chi connectivity index (χ3v) is 9.33. The van der Waals surface area contributed by atoms with E-state index in [2.05, 4.69) is 33.9 Å². The van der Waals surface area contributed by atoms with E-state index in [9.17, 15) is 4.79 Å². The summed E-state index contributed by atoms with van der Waals surface area (Å²) in [5, 5.41) is 11.0. The van der Waals surface area contributed by atoms with Crippen molar-refractivity contribution in [3.63, 3.8) is 0 Å². The van der Waals surface area contributed by atoms with E-state index >= 15 is 0 Å². The van der Waals surface area contributed by atoms with Crippen LogP contribution in [0.25, 0.3) is 22.0 Å². The minimum absolute atomic E-state index is 0.0985. The van der Waals surface area contributed by atoms with Gasteiger partial charge in [-0.2, -0.15) is 4.79 Å². The Kier molecular flexibility index (Phi) is 7.91. The van der Waals surface area contributed by atoms with E-state index in [1.54, 1.807) is 51.1 Å². The Balaban J connectivity index is 1.17. The smallest absolute Gasteiger partial charge is 0.238 e. The fourth-order valence-electron chi connectivity index (χ4n) is 6.04. The van der Waals surface area contributed by atoms with Crippen molar-refractivity contribution in [1.82, 2.24) is 24.8 Å². The van der Waals surface area contributed by atoms with Crippen molar-refractivity contribution in [2.45, 2.75) is 39.5 Å². The molecule has 0 unspecified atom stereocenters. The molecule has 0 bridgehead atoms. The van der Waals surface area contributed by atoms with Gasteiger partial charge in [0, 0.05) is 54.4 Å². The van der Waals surface area contributed by atoms with Crippen LogP contribution >= 0.6 is 11.3 Å². The second kappa shape index (κ2) is 11.8. The van der Waals surface area contributed by atoms with E-state index in [1.165, 1.54) is 34.4 Å².